The van der Waals surface area contributed by atoms with Gasteiger partial charge in [0.1, 0.15) is 0 Å². The van der Waals surface area contributed by atoms with Crippen LogP contribution in [0.5, 0.6) is 0 Å². The van der Waals surface area contributed by atoms with Crippen LogP contribution in [0.3, 0.4) is 0 Å². The van der Waals surface area contributed by atoms with Crippen LogP contribution in [0.1, 0.15) is 54.3 Å². The van der Waals surface area contributed by atoms with Crippen molar-refractivity contribution < 1.29 is 17.6 Å². The quantitative estimate of drug-likeness (QED) is 0.345. The highest BCUT2D eigenvalue weighted by molar-refractivity contribution is 8.03. The lowest BCUT2D eigenvalue weighted by atomic mass is 9.80. The molecule has 202 valence electrons. The molecule has 1 aromatic heterocycles. The van der Waals surface area contributed by atoms with Gasteiger partial charge in [0.25, 0.3) is 0 Å². The van der Waals surface area contributed by atoms with Crippen molar-refractivity contribution in [3.63, 3.8) is 0 Å². The lowest BCUT2D eigenvalue weighted by Crippen LogP contribution is -2.32. The zero-order valence-electron chi connectivity index (χ0n) is 22.1. The third-order valence-corrected chi connectivity index (χ3v) is 10.4. The molecule has 2 aliphatic heterocycles. The van der Waals surface area contributed by atoms with E-state index in [-0.39, 0.29) is 10.8 Å². The van der Waals surface area contributed by atoms with Crippen molar-refractivity contribution in [3.05, 3.63) is 69.9 Å². The summed E-state index contributed by atoms with van der Waals surface area (Å²) >= 11 is 1.87. The summed E-state index contributed by atoms with van der Waals surface area (Å²) in [4.78, 5) is 13.6. The molecule has 1 saturated heterocycles. The Morgan fingerprint density at radius 3 is 2.76 bits per heavy atom. The number of aromatic nitrogens is 1. The van der Waals surface area contributed by atoms with Gasteiger partial charge < -0.3 is 14.2 Å². The van der Waals surface area contributed by atoms with E-state index in [1.807, 2.05) is 25.7 Å². The third-order valence-electron chi connectivity index (χ3n) is 9.11. The summed E-state index contributed by atoms with van der Waals surface area (Å²) < 4.78 is 45.5. The van der Waals surface area contributed by atoms with E-state index in [9.17, 15) is 13.2 Å². The van der Waals surface area contributed by atoms with Crippen LogP contribution in [0, 0.1) is 18.3 Å². The summed E-state index contributed by atoms with van der Waals surface area (Å²) in [7, 11) is 2.04. The van der Waals surface area contributed by atoms with Gasteiger partial charge in [0.05, 0.1) is 22.8 Å². The molecule has 4 aliphatic rings. The second-order valence-electron chi connectivity index (χ2n) is 11.0. The highest BCUT2D eigenvalue weighted by Crippen LogP contribution is 2.90. The number of halogens is 3. The van der Waals surface area contributed by atoms with Crippen molar-refractivity contribution in [2.45, 2.75) is 44.7 Å². The maximum absolute atomic E-state index is 13.3. The van der Waals surface area contributed by atoms with Gasteiger partial charge >= 0.3 is 6.18 Å². The lowest BCUT2D eigenvalue weighted by molar-refractivity contribution is -0.137. The zero-order valence-corrected chi connectivity index (χ0v) is 22.9. The number of aryl methyl sites for hydroxylation is 1. The SMILES string of the molecule is C=Cc1cc(C(F)(F)F)ccc1[C@@]12CN(CCCSC3=C(CC)CN=C(c4ocnc4C)N3C)C[C@]13CC32. The van der Waals surface area contributed by atoms with Gasteiger partial charge in [0.2, 0.25) is 0 Å². The van der Waals surface area contributed by atoms with Gasteiger partial charge in [0, 0.05) is 31.3 Å². The zero-order chi connectivity index (χ0) is 26.9. The fourth-order valence-corrected chi connectivity index (χ4v) is 8.19. The number of nitrogens with zero attached hydrogens (tertiary/aromatic N) is 4. The van der Waals surface area contributed by atoms with E-state index in [0.717, 1.165) is 61.1 Å². The second-order valence-corrected chi connectivity index (χ2v) is 12.1. The highest BCUT2D eigenvalue weighted by Gasteiger charge is 2.91. The number of aliphatic imine (C=N–C) groups is 1. The first kappa shape index (κ1) is 25.7. The monoisotopic (exact) mass is 542 g/mol. The number of piperidine rings is 1. The summed E-state index contributed by atoms with van der Waals surface area (Å²) in [5, 5.41) is 1.25. The summed E-state index contributed by atoms with van der Waals surface area (Å²) in [6.07, 6.45) is 1.92. The van der Waals surface area contributed by atoms with E-state index in [0.29, 0.717) is 18.0 Å². The van der Waals surface area contributed by atoms with Gasteiger partial charge in [-0.15, -0.1) is 11.8 Å². The van der Waals surface area contributed by atoms with Gasteiger partial charge in [-0.3, -0.25) is 4.99 Å². The third kappa shape index (κ3) is 3.79. The van der Waals surface area contributed by atoms with E-state index in [4.69, 9.17) is 9.41 Å². The molecule has 5 nitrogen and oxygen atoms in total. The smallest absolute Gasteiger partial charge is 0.416 e. The summed E-state index contributed by atoms with van der Waals surface area (Å²) in [5.74, 6) is 3.16. The standard InChI is InChI=1S/C29H33F3N4OS/c1-5-19-12-21(29(30,31)32)8-9-22(19)28-16-36(15-27(28)13-23(27)28)10-7-11-38-26-20(6-2)14-33-25(35(26)4)24-18(3)34-17-37-24/h5,8-9,12,17,23H,1,6-7,10-11,13-16H2,2-4H3/t23?,27-,28+/m0/s1. The summed E-state index contributed by atoms with van der Waals surface area (Å²) in [6.45, 7) is 11.6. The Bertz CT molecular complexity index is 1350. The number of thioether (sulfide) groups is 1. The van der Waals surface area contributed by atoms with Gasteiger partial charge in [-0.05, 0) is 72.9 Å². The van der Waals surface area contributed by atoms with Crippen LogP contribution >= 0.6 is 11.8 Å². The molecular formula is C29H33F3N4OS. The molecule has 9 heteroatoms. The normalized spacial score (nSPS) is 28.3. The summed E-state index contributed by atoms with van der Waals surface area (Å²) in [5.41, 5.74) is 3.55. The molecule has 6 rings (SSSR count). The number of hydrogen-bond donors (Lipinski definition) is 0. The number of likely N-dealkylation sites (tertiary alicyclic amines) is 1. The molecule has 1 aromatic carbocycles. The van der Waals surface area contributed by atoms with Crippen LogP contribution < -0.4 is 0 Å². The van der Waals surface area contributed by atoms with Crippen LogP contribution in [0.2, 0.25) is 0 Å². The predicted molar refractivity (Wildman–Crippen MR) is 145 cm³/mol. The topological polar surface area (TPSA) is 44.9 Å². The number of hydrogen-bond acceptors (Lipinski definition) is 6. The van der Waals surface area contributed by atoms with Gasteiger partial charge in [-0.2, -0.15) is 13.2 Å². The molecule has 2 saturated carbocycles. The molecule has 1 spiro atoms. The van der Waals surface area contributed by atoms with Crippen LogP contribution in [0.15, 0.2) is 51.2 Å². The molecule has 3 heterocycles. The summed E-state index contributed by atoms with van der Waals surface area (Å²) in [6, 6.07) is 4.25. The van der Waals surface area contributed by atoms with Gasteiger partial charge in [-0.1, -0.05) is 25.6 Å². The number of amidine groups is 1. The first-order chi connectivity index (χ1) is 18.2. The molecule has 1 unspecified atom stereocenters. The Labute approximate surface area is 225 Å². The second kappa shape index (κ2) is 9.01. The van der Waals surface area contributed by atoms with Crippen molar-refractivity contribution in [1.82, 2.24) is 14.8 Å². The van der Waals surface area contributed by atoms with Crippen molar-refractivity contribution in [2.24, 2.45) is 16.3 Å². The molecule has 3 atom stereocenters. The van der Waals surface area contributed by atoms with E-state index in [1.54, 1.807) is 12.1 Å². The number of alkyl halides is 3. The molecule has 0 N–H and O–H groups in total. The van der Waals surface area contributed by atoms with Crippen molar-refractivity contribution in [2.75, 3.05) is 39.0 Å². The Kier molecular flexibility index (Phi) is 6.11. The van der Waals surface area contributed by atoms with E-state index >= 15 is 0 Å². The van der Waals surface area contributed by atoms with E-state index in [2.05, 4.69) is 28.3 Å². The minimum atomic E-state index is -4.34. The molecule has 0 radical (unpaired) electrons. The fourth-order valence-electron chi connectivity index (χ4n) is 7.03. The van der Waals surface area contributed by atoms with E-state index < -0.39 is 11.7 Å². The maximum atomic E-state index is 13.3. The van der Waals surface area contributed by atoms with Crippen LogP contribution in [-0.2, 0) is 11.6 Å². The maximum Gasteiger partial charge on any atom is 0.416 e. The van der Waals surface area contributed by atoms with Gasteiger partial charge in [-0.25, -0.2) is 4.98 Å². The van der Waals surface area contributed by atoms with Crippen molar-refractivity contribution in [3.8, 4) is 0 Å². The largest absolute Gasteiger partial charge is 0.440 e. The lowest BCUT2D eigenvalue weighted by Gasteiger charge is -2.29. The van der Waals surface area contributed by atoms with Gasteiger partial charge in [0.15, 0.2) is 18.0 Å². The van der Waals surface area contributed by atoms with Crippen LogP contribution in [0.25, 0.3) is 6.08 Å². The first-order valence-corrected chi connectivity index (χ1v) is 14.2. The Balaban J connectivity index is 1.09. The van der Waals surface area contributed by atoms with Crippen LogP contribution in [0.4, 0.5) is 13.2 Å². The molecule has 38 heavy (non-hydrogen) atoms. The van der Waals surface area contributed by atoms with Crippen molar-refractivity contribution in [1.29, 1.82) is 0 Å². The predicted octanol–water partition coefficient (Wildman–Crippen LogP) is 6.36. The first-order valence-electron chi connectivity index (χ1n) is 13.3. The molecule has 0 bridgehead atoms. The number of rotatable bonds is 9. The Morgan fingerprint density at radius 1 is 1.29 bits per heavy atom. The number of oxazole rings is 1. The average Bonchev–Trinajstić information content (AvgIpc) is 3.63. The molecule has 2 aliphatic carbocycles. The van der Waals surface area contributed by atoms with Crippen LogP contribution in [-0.4, -0.2) is 59.6 Å². The molecule has 2 aromatic rings. The average molecular weight is 543 g/mol. The highest BCUT2D eigenvalue weighted by atomic mass is 32.2. The fraction of sp³-hybridized carbons (Fsp3) is 0.517. The van der Waals surface area contributed by atoms with E-state index in [1.165, 1.54) is 35.5 Å². The number of fused-ring (bicyclic) bond motifs is 1. The molecule has 3 fully saturated rings. The number of benzene rings is 1. The minimum absolute atomic E-state index is 0.00952. The Hall–Kier alpha value is -2.52. The minimum Gasteiger partial charge on any atom is -0.440 e. The Morgan fingerprint density at radius 2 is 2.11 bits per heavy atom. The van der Waals surface area contributed by atoms with Crippen molar-refractivity contribution >= 4 is 23.7 Å². The molecule has 0 amide bonds. The molecular weight excluding hydrogens is 509 g/mol.